The molecule has 2 atom stereocenters. The molecule has 4 heteroatoms. The van der Waals surface area contributed by atoms with Crippen LogP contribution in [0.4, 0.5) is 4.39 Å². The van der Waals surface area contributed by atoms with Crippen LogP contribution >= 0.6 is 0 Å². The average molecular weight is 263 g/mol. The average Bonchev–Trinajstić information content (AvgIpc) is 2.89. The molecule has 3 rings (SSSR count). The third-order valence-corrected chi connectivity index (χ3v) is 4.35. The molecule has 1 heterocycles. The summed E-state index contributed by atoms with van der Waals surface area (Å²) in [5.41, 5.74) is 2.62. The first kappa shape index (κ1) is 12.6. The van der Waals surface area contributed by atoms with E-state index in [0.717, 1.165) is 36.8 Å². The maximum atomic E-state index is 14.5. The highest BCUT2D eigenvalue weighted by Gasteiger charge is 2.32. The molecule has 0 spiro atoms. The van der Waals surface area contributed by atoms with Crippen LogP contribution in [0.25, 0.3) is 0 Å². The van der Waals surface area contributed by atoms with Crippen molar-refractivity contribution in [1.82, 2.24) is 5.32 Å². The molecule has 3 nitrogen and oxygen atoms in total. The number of rotatable bonds is 2. The molecule has 1 fully saturated rings. The normalized spacial score (nSPS) is 26.2. The molecule has 0 bridgehead atoms. The Kier molecular flexibility index (Phi) is 3.27. The molecule has 2 unspecified atom stereocenters. The highest BCUT2D eigenvalue weighted by Crippen LogP contribution is 2.33. The second-order valence-electron chi connectivity index (χ2n) is 5.55. The van der Waals surface area contributed by atoms with E-state index in [-0.39, 0.29) is 11.9 Å². The van der Waals surface area contributed by atoms with Crippen LogP contribution in [0.5, 0.6) is 0 Å². The molecule has 0 radical (unpaired) electrons. The molecule has 1 saturated heterocycles. The maximum Gasteiger partial charge on any atom is 0.307 e. The third-order valence-electron chi connectivity index (χ3n) is 4.35. The zero-order valence-electron chi connectivity index (χ0n) is 10.8. The summed E-state index contributed by atoms with van der Waals surface area (Å²) in [6, 6.07) is 3.69. The molecule has 19 heavy (non-hydrogen) atoms. The number of aliphatic carboxylic acids is 1. The van der Waals surface area contributed by atoms with Gasteiger partial charge in [0.25, 0.3) is 0 Å². The predicted octanol–water partition coefficient (Wildman–Crippen LogP) is 2.44. The Bertz CT molecular complexity index is 515. The van der Waals surface area contributed by atoms with Crippen LogP contribution in [0.15, 0.2) is 12.1 Å². The van der Waals surface area contributed by atoms with Crippen molar-refractivity contribution in [3.63, 3.8) is 0 Å². The first-order valence-electron chi connectivity index (χ1n) is 6.93. The van der Waals surface area contributed by atoms with E-state index in [1.807, 2.05) is 12.1 Å². The van der Waals surface area contributed by atoms with E-state index in [2.05, 4.69) is 5.32 Å². The summed E-state index contributed by atoms with van der Waals surface area (Å²) in [6.07, 6.45) is 4.43. The monoisotopic (exact) mass is 263 g/mol. The Hall–Kier alpha value is -1.42. The van der Waals surface area contributed by atoms with Crippen molar-refractivity contribution < 1.29 is 14.3 Å². The summed E-state index contributed by atoms with van der Waals surface area (Å²) in [6.45, 7) is 0.427. The smallest absolute Gasteiger partial charge is 0.307 e. The minimum absolute atomic E-state index is 0.110. The van der Waals surface area contributed by atoms with Crippen molar-refractivity contribution in [2.45, 2.75) is 38.1 Å². The zero-order valence-corrected chi connectivity index (χ0v) is 10.8. The Morgan fingerprint density at radius 2 is 2.11 bits per heavy atom. The molecule has 2 N–H and O–H groups in total. The number of benzene rings is 1. The van der Waals surface area contributed by atoms with Gasteiger partial charge in [-0.2, -0.15) is 0 Å². The Morgan fingerprint density at radius 3 is 2.84 bits per heavy atom. The largest absolute Gasteiger partial charge is 0.481 e. The lowest BCUT2D eigenvalue weighted by Gasteiger charge is -2.20. The number of carbonyl (C=O) groups is 1. The van der Waals surface area contributed by atoms with Gasteiger partial charge in [-0.3, -0.25) is 4.79 Å². The van der Waals surface area contributed by atoms with E-state index >= 15 is 0 Å². The fourth-order valence-corrected chi connectivity index (χ4v) is 3.23. The first-order chi connectivity index (χ1) is 9.16. The van der Waals surface area contributed by atoms with E-state index in [0.29, 0.717) is 18.5 Å². The van der Waals surface area contributed by atoms with Crippen molar-refractivity contribution in [1.29, 1.82) is 0 Å². The van der Waals surface area contributed by atoms with Gasteiger partial charge in [-0.25, -0.2) is 4.39 Å². The first-order valence-corrected chi connectivity index (χ1v) is 6.93. The van der Waals surface area contributed by atoms with E-state index in [1.54, 1.807) is 0 Å². The van der Waals surface area contributed by atoms with E-state index in [9.17, 15) is 9.18 Å². The molecule has 1 aromatic carbocycles. The van der Waals surface area contributed by atoms with Gasteiger partial charge in [0.05, 0.1) is 5.92 Å². The van der Waals surface area contributed by atoms with Crippen LogP contribution in [0.2, 0.25) is 0 Å². The Labute approximate surface area is 111 Å². The topological polar surface area (TPSA) is 49.3 Å². The van der Waals surface area contributed by atoms with Gasteiger partial charge in [0.1, 0.15) is 5.82 Å². The fraction of sp³-hybridized carbons (Fsp3) is 0.533. The molecule has 0 aromatic heterocycles. The van der Waals surface area contributed by atoms with Crippen molar-refractivity contribution in [3.8, 4) is 0 Å². The van der Waals surface area contributed by atoms with Gasteiger partial charge in [-0.15, -0.1) is 0 Å². The molecular weight excluding hydrogens is 245 g/mol. The SMILES string of the molecule is O=C(O)C1CNC(c2ccc3c(c2F)CCCC3)C1. The quantitative estimate of drug-likeness (QED) is 0.861. The highest BCUT2D eigenvalue weighted by atomic mass is 19.1. The lowest BCUT2D eigenvalue weighted by Crippen LogP contribution is -2.18. The van der Waals surface area contributed by atoms with Crippen molar-refractivity contribution in [2.24, 2.45) is 5.92 Å². The lowest BCUT2D eigenvalue weighted by molar-refractivity contribution is -0.141. The van der Waals surface area contributed by atoms with Crippen molar-refractivity contribution in [2.75, 3.05) is 6.54 Å². The van der Waals surface area contributed by atoms with E-state index in [1.165, 1.54) is 0 Å². The summed E-state index contributed by atoms with van der Waals surface area (Å²) in [7, 11) is 0. The molecule has 1 aromatic rings. The molecule has 1 aliphatic carbocycles. The number of halogens is 1. The molecule has 0 saturated carbocycles. The molecule has 102 valence electrons. The fourth-order valence-electron chi connectivity index (χ4n) is 3.23. The van der Waals surface area contributed by atoms with Gasteiger partial charge in [0.15, 0.2) is 0 Å². The van der Waals surface area contributed by atoms with Crippen molar-refractivity contribution >= 4 is 5.97 Å². The minimum atomic E-state index is -0.798. The van der Waals surface area contributed by atoms with Gasteiger partial charge in [0.2, 0.25) is 0 Å². The Balaban J connectivity index is 1.88. The minimum Gasteiger partial charge on any atom is -0.481 e. The van der Waals surface area contributed by atoms with Gasteiger partial charge in [-0.1, -0.05) is 12.1 Å². The zero-order chi connectivity index (χ0) is 13.4. The second kappa shape index (κ2) is 4.93. The van der Waals surface area contributed by atoms with Gasteiger partial charge in [-0.05, 0) is 43.2 Å². The Morgan fingerprint density at radius 1 is 1.32 bits per heavy atom. The standard InChI is InChI=1S/C15H18FNO2/c16-14-11-4-2-1-3-9(11)5-6-12(14)13-7-10(8-17-13)15(18)19/h5-6,10,13,17H,1-4,7-8H2,(H,18,19). The summed E-state index contributed by atoms with van der Waals surface area (Å²) in [5.74, 6) is -1.31. The van der Waals surface area contributed by atoms with Crippen LogP contribution in [0, 0.1) is 11.7 Å². The summed E-state index contributed by atoms with van der Waals surface area (Å²) in [5, 5.41) is 12.1. The molecule has 0 amide bonds. The van der Waals surface area contributed by atoms with Crippen LogP contribution in [-0.2, 0) is 17.6 Å². The summed E-state index contributed by atoms with van der Waals surface area (Å²) < 4.78 is 14.5. The number of hydrogen-bond acceptors (Lipinski definition) is 2. The number of hydrogen-bond donors (Lipinski definition) is 2. The van der Waals surface area contributed by atoms with Gasteiger partial charge >= 0.3 is 5.97 Å². The van der Waals surface area contributed by atoms with Gasteiger partial charge < -0.3 is 10.4 Å². The van der Waals surface area contributed by atoms with Crippen LogP contribution in [0.3, 0.4) is 0 Å². The highest BCUT2D eigenvalue weighted by molar-refractivity contribution is 5.70. The third kappa shape index (κ3) is 2.25. The van der Waals surface area contributed by atoms with Gasteiger partial charge in [0, 0.05) is 18.2 Å². The van der Waals surface area contributed by atoms with Crippen molar-refractivity contribution in [3.05, 3.63) is 34.6 Å². The molecule has 1 aliphatic heterocycles. The van der Waals surface area contributed by atoms with E-state index in [4.69, 9.17) is 5.11 Å². The summed E-state index contributed by atoms with van der Waals surface area (Å²) in [4.78, 5) is 11.0. The van der Waals surface area contributed by atoms with E-state index < -0.39 is 11.9 Å². The number of carboxylic acid groups (broad SMARTS) is 1. The van der Waals surface area contributed by atoms with Crippen LogP contribution in [-0.4, -0.2) is 17.6 Å². The lowest BCUT2D eigenvalue weighted by atomic mass is 9.87. The molecular formula is C15H18FNO2. The number of aryl methyl sites for hydroxylation is 1. The van der Waals surface area contributed by atoms with Crippen LogP contribution in [0.1, 0.15) is 42.0 Å². The maximum absolute atomic E-state index is 14.5. The van der Waals surface area contributed by atoms with Crippen LogP contribution < -0.4 is 5.32 Å². The number of fused-ring (bicyclic) bond motifs is 1. The number of nitrogens with one attached hydrogen (secondary N) is 1. The second-order valence-corrected chi connectivity index (χ2v) is 5.55. The number of carboxylic acids is 1. The predicted molar refractivity (Wildman–Crippen MR) is 69.5 cm³/mol. The summed E-state index contributed by atoms with van der Waals surface area (Å²) >= 11 is 0. The molecule has 2 aliphatic rings.